The van der Waals surface area contributed by atoms with Crippen molar-refractivity contribution in [2.75, 3.05) is 19.6 Å². The zero-order valence-electron chi connectivity index (χ0n) is 10.3. The van der Waals surface area contributed by atoms with E-state index in [1.165, 1.54) is 12.2 Å². The van der Waals surface area contributed by atoms with Crippen molar-refractivity contribution in [3.8, 4) is 0 Å². The molecule has 0 radical (unpaired) electrons. The molecule has 7 nitrogen and oxygen atoms in total. The number of nitrogens with two attached hydrogens (primary N) is 1. The molecule has 19 heavy (non-hydrogen) atoms. The second-order valence-electron chi connectivity index (χ2n) is 4.57. The van der Waals surface area contributed by atoms with Crippen LogP contribution in [0.2, 0.25) is 0 Å². The number of amides is 2. The average Bonchev–Trinajstić information content (AvgIpc) is 2.67. The fraction of sp³-hybridized carbons (Fsp3) is 0.500. The van der Waals surface area contributed by atoms with E-state index < -0.39 is 23.0 Å². The summed E-state index contributed by atoms with van der Waals surface area (Å²) in [6.07, 6.45) is 2.90. The van der Waals surface area contributed by atoms with Crippen LogP contribution in [0.4, 0.5) is 0 Å². The first-order chi connectivity index (χ1) is 9.02. The van der Waals surface area contributed by atoms with Gasteiger partial charge in [-0.15, -0.1) is 0 Å². The van der Waals surface area contributed by atoms with Crippen LogP contribution < -0.4 is 11.1 Å². The third-order valence-corrected chi connectivity index (χ3v) is 3.44. The van der Waals surface area contributed by atoms with E-state index in [2.05, 4.69) is 5.32 Å². The van der Waals surface area contributed by atoms with E-state index in [9.17, 15) is 19.2 Å². The molecule has 7 heteroatoms. The number of hydrogen-bond acceptors (Lipinski definition) is 5. The molecule has 0 bridgehead atoms. The molecule has 1 fully saturated rings. The zero-order chi connectivity index (χ0) is 14.0. The average molecular weight is 265 g/mol. The topological polar surface area (TPSA) is 110 Å². The predicted octanol–water partition coefficient (Wildman–Crippen LogP) is -1.87. The predicted molar refractivity (Wildman–Crippen MR) is 64.9 cm³/mol. The maximum Gasteiger partial charge on any atom is 0.243 e. The second kappa shape index (κ2) is 4.93. The van der Waals surface area contributed by atoms with E-state index in [1.54, 1.807) is 0 Å². The molecule has 2 amide bonds. The Morgan fingerprint density at radius 2 is 1.84 bits per heavy atom. The van der Waals surface area contributed by atoms with Gasteiger partial charge in [-0.3, -0.25) is 19.2 Å². The number of hydrogen-bond donors (Lipinski definition) is 2. The van der Waals surface area contributed by atoms with Gasteiger partial charge in [0.15, 0.2) is 17.1 Å². The zero-order valence-corrected chi connectivity index (χ0v) is 10.3. The Bertz CT molecular complexity index is 465. The summed E-state index contributed by atoms with van der Waals surface area (Å²) in [6, 6.07) is 0. The number of nitrogens with zero attached hydrogens (tertiary/aromatic N) is 1. The molecule has 1 aliphatic carbocycles. The molecule has 0 saturated carbocycles. The molecule has 1 aliphatic heterocycles. The van der Waals surface area contributed by atoms with Crippen LogP contribution in [-0.2, 0) is 19.2 Å². The van der Waals surface area contributed by atoms with Crippen molar-refractivity contribution < 1.29 is 19.2 Å². The quantitative estimate of drug-likeness (QED) is 0.579. The first kappa shape index (κ1) is 13.4. The van der Waals surface area contributed by atoms with Gasteiger partial charge in [0.1, 0.15) is 6.54 Å². The Labute approximate surface area is 109 Å². The van der Waals surface area contributed by atoms with Crippen LogP contribution in [0.3, 0.4) is 0 Å². The third kappa shape index (κ3) is 2.06. The Hall–Kier alpha value is -2.02. The molecule has 0 aromatic rings. The van der Waals surface area contributed by atoms with Gasteiger partial charge in [-0.25, -0.2) is 0 Å². The van der Waals surface area contributed by atoms with E-state index in [1.807, 2.05) is 0 Å². The van der Waals surface area contributed by atoms with Crippen LogP contribution in [0.1, 0.15) is 12.8 Å². The Balaban J connectivity index is 2.37. The number of nitrogens with one attached hydrogen (secondary N) is 1. The lowest BCUT2D eigenvalue weighted by Gasteiger charge is -2.40. The first-order valence-corrected chi connectivity index (χ1v) is 6.06. The van der Waals surface area contributed by atoms with Crippen molar-refractivity contribution in [3.63, 3.8) is 0 Å². The SMILES string of the molecule is NCCCC1(N2CC(=O)NCC2=O)C(=O)C=CC1=O. The fourth-order valence-corrected chi connectivity index (χ4v) is 2.46. The standard InChI is InChI=1S/C12H15N3O4/c13-5-1-4-12(8(16)2-3-9(12)17)15-7-10(18)14-6-11(15)19/h2-3H,1,4-7,13H2,(H,14,18). The van der Waals surface area contributed by atoms with Crippen LogP contribution >= 0.6 is 0 Å². The minimum Gasteiger partial charge on any atom is -0.345 e. The number of piperazine rings is 1. The van der Waals surface area contributed by atoms with Crippen LogP contribution in [0, 0.1) is 0 Å². The normalized spacial score (nSPS) is 22.1. The summed E-state index contributed by atoms with van der Waals surface area (Å²) < 4.78 is 0. The molecule has 0 unspecified atom stereocenters. The number of carbonyl (C=O) groups is 4. The van der Waals surface area contributed by atoms with Crippen LogP contribution in [0.25, 0.3) is 0 Å². The molecular formula is C12H15N3O4. The molecule has 2 aliphatic rings. The van der Waals surface area contributed by atoms with Gasteiger partial charge < -0.3 is 16.0 Å². The Morgan fingerprint density at radius 1 is 1.21 bits per heavy atom. The highest BCUT2D eigenvalue weighted by Crippen LogP contribution is 2.30. The molecule has 2 rings (SSSR count). The first-order valence-electron chi connectivity index (χ1n) is 6.06. The largest absolute Gasteiger partial charge is 0.345 e. The molecule has 102 valence electrons. The van der Waals surface area contributed by atoms with Crippen LogP contribution in [-0.4, -0.2) is 53.5 Å². The van der Waals surface area contributed by atoms with Crippen molar-refractivity contribution in [3.05, 3.63) is 12.2 Å². The maximum atomic E-state index is 12.1. The Kier molecular flexibility index (Phi) is 3.48. The number of rotatable bonds is 4. The Morgan fingerprint density at radius 3 is 2.42 bits per heavy atom. The van der Waals surface area contributed by atoms with E-state index in [0.717, 1.165) is 4.90 Å². The molecule has 0 aromatic carbocycles. The monoisotopic (exact) mass is 265 g/mol. The second-order valence-corrected chi connectivity index (χ2v) is 4.57. The minimum absolute atomic E-state index is 0.146. The highest BCUT2D eigenvalue weighted by molar-refractivity contribution is 6.27. The van der Waals surface area contributed by atoms with Crippen molar-refractivity contribution in [2.45, 2.75) is 18.4 Å². The third-order valence-electron chi connectivity index (χ3n) is 3.44. The van der Waals surface area contributed by atoms with Gasteiger partial charge in [0.25, 0.3) is 0 Å². The van der Waals surface area contributed by atoms with Crippen LogP contribution in [0.15, 0.2) is 12.2 Å². The summed E-state index contributed by atoms with van der Waals surface area (Å²) in [5.41, 5.74) is 3.86. The van der Waals surface area contributed by atoms with Gasteiger partial charge >= 0.3 is 0 Å². The summed E-state index contributed by atoms with van der Waals surface area (Å²) >= 11 is 0. The lowest BCUT2D eigenvalue weighted by atomic mass is 9.85. The van der Waals surface area contributed by atoms with Gasteiger partial charge in [0.2, 0.25) is 11.8 Å². The van der Waals surface area contributed by atoms with Crippen LogP contribution in [0.5, 0.6) is 0 Å². The van der Waals surface area contributed by atoms with Gasteiger partial charge in [-0.1, -0.05) is 0 Å². The lowest BCUT2D eigenvalue weighted by molar-refractivity contribution is -0.155. The van der Waals surface area contributed by atoms with Gasteiger partial charge in [0, 0.05) is 0 Å². The summed E-state index contributed by atoms with van der Waals surface area (Å²) in [7, 11) is 0. The van der Waals surface area contributed by atoms with E-state index in [4.69, 9.17) is 5.73 Å². The molecule has 0 aromatic heterocycles. The maximum absolute atomic E-state index is 12.1. The fourth-order valence-electron chi connectivity index (χ4n) is 2.46. The minimum atomic E-state index is -1.56. The van der Waals surface area contributed by atoms with E-state index in [0.29, 0.717) is 13.0 Å². The molecule has 1 heterocycles. The molecule has 0 atom stereocenters. The molecule has 3 N–H and O–H groups in total. The van der Waals surface area contributed by atoms with Crippen molar-refractivity contribution >= 4 is 23.4 Å². The van der Waals surface area contributed by atoms with E-state index >= 15 is 0 Å². The van der Waals surface area contributed by atoms with E-state index in [-0.39, 0.29) is 25.4 Å². The molecule has 1 saturated heterocycles. The van der Waals surface area contributed by atoms with Crippen molar-refractivity contribution in [2.24, 2.45) is 5.73 Å². The molecule has 0 spiro atoms. The lowest BCUT2D eigenvalue weighted by Crippen LogP contribution is -2.65. The van der Waals surface area contributed by atoms with Gasteiger partial charge in [-0.2, -0.15) is 0 Å². The van der Waals surface area contributed by atoms with Crippen molar-refractivity contribution in [1.29, 1.82) is 0 Å². The summed E-state index contributed by atoms with van der Waals surface area (Å²) in [6.45, 7) is -0.164. The summed E-state index contributed by atoms with van der Waals surface area (Å²) in [4.78, 5) is 48.6. The number of ketones is 2. The number of carbonyl (C=O) groups excluding carboxylic acids is 4. The summed E-state index contributed by atoms with van der Waals surface area (Å²) in [5, 5.41) is 2.39. The van der Waals surface area contributed by atoms with Crippen molar-refractivity contribution in [1.82, 2.24) is 10.2 Å². The highest BCUT2D eigenvalue weighted by atomic mass is 16.2. The smallest absolute Gasteiger partial charge is 0.243 e. The molecular weight excluding hydrogens is 250 g/mol. The highest BCUT2D eigenvalue weighted by Gasteiger charge is 2.53. The van der Waals surface area contributed by atoms with Gasteiger partial charge in [0.05, 0.1) is 6.54 Å². The van der Waals surface area contributed by atoms with Gasteiger partial charge in [-0.05, 0) is 31.5 Å². The summed E-state index contributed by atoms with van der Waals surface area (Å²) in [5.74, 6) is -1.70.